The van der Waals surface area contributed by atoms with Gasteiger partial charge in [0.1, 0.15) is 0 Å². The third-order valence-electron chi connectivity index (χ3n) is 3.10. The minimum atomic E-state index is 0.0483. The Balaban J connectivity index is 2.21. The van der Waals surface area contributed by atoms with Gasteiger partial charge in [-0.1, -0.05) is 0 Å². The Bertz CT molecular complexity index is 245. The van der Waals surface area contributed by atoms with Gasteiger partial charge in [0, 0.05) is 25.9 Å². The molecule has 1 rings (SSSR count). The predicted octanol–water partition coefficient (Wildman–Crippen LogP) is 1.21. The van der Waals surface area contributed by atoms with Crippen LogP contribution in [0.4, 0.5) is 0 Å². The number of hydrogen-bond acceptors (Lipinski definition) is 2. The van der Waals surface area contributed by atoms with E-state index in [2.05, 4.69) is 10.6 Å². The van der Waals surface area contributed by atoms with Gasteiger partial charge in [0.2, 0.25) is 11.8 Å². The lowest BCUT2D eigenvalue weighted by molar-refractivity contribution is -0.123. The van der Waals surface area contributed by atoms with E-state index in [9.17, 15) is 9.59 Å². The lowest BCUT2D eigenvalue weighted by atomic mass is 9.84. The number of carbonyl (C=O) groups is 2. The molecule has 0 spiro atoms. The first-order valence-electron chi connectivity index (χ1n) is 6.15. The van der Waals surface area contributed by atoms with Crippen LogP contribution in [-0.4, -0.2) is 24.4 Å². The monoisotopic (exact) mass is 226 g/mol. The zero-order valence-corrected chi connectivity index (χ0v) is 10.2. The predicted molar refractivity (Wildman–Crippen MR) is 62.9 cm³/mol. The van der Waals surface area contributed by atoms with Crippen molar-refractivity contribution in [1.82, 2.24) is 10.6 Å². The summed E-state index contributed by atoms with van der Waals surface area (Å²) in [4.78, 5) is 22.3. The first-order valence-corrected chi connectivity index (χ1v) is 6.15. The Morgan fingerprint density at radius 1 is 1.19 bits per heavy atom. The van der Waals surface area contributed by atoms with Gasteiger partial charge in [-0.25, -0.2) is 0 Å². The number of carbonyl (C=O) groups excluding carboxylic acids is 2. The summed E-state index contributed by atoms with van der Waals surface area (Å²) in [5.41, 5.74) is 0. The van der Waals surface area contributed by atoms with Crippen LogP contribution in [-0.2, 0) is 9.59 Å². The van der Waals surface area contributed by atoms with Crippen molar-refractivity contribution in [3.63, 3.8) is 0 Å². The minimum Gasteiger partial charge on any atom is -0.356 e. The van der Waals surface area contributed by atoms with E-state index in [1.165, 1.54) is 0 Å². The Morgan fingerprint density at radius 2 is 1.81 bits per heavy atom. The van der Waals surface area contributed by atoms with Gasteiger partial charge >= 0.3 is 0 Å². The van der Waals surface area contributed by atoms with Crippen molar-refractivity contribution in [2.45, 2.75) is 52.0 Å². The molecule has 92 valence electrons. The molecule has 16 heavy (non-hydrogen) atoms. The standard InChI is InChI=1S/C12H22N2O2/c1-3-13-12(16)8-10-4-6-11(7-5-10)14-9(2)15/h10-11H,3-8H2,1-2H3,(H,13,16)(H,14,15). The second-order valence-electron chi connectivity index (χ2n) is 4.58. The molecule has 0 bridgehead atoms. The average Bonchev–Trinajstić information content (AvgIpc) is 2.20. The summed E-state index contributed by atoms with van der Waals surface area (Å²) in [6.45, 7) is 4.20. The van der Waals surface area contributed by atoms with Crippen LogP contribution in [0.3, 0.4) is 0 Å². The van der Waals surface area contributed by atoms with Crippen LogP contribution in [0.1, 0.15) is 46.0 Å². The van der Waals surface area contributed by atoms with Crippen LogP contribution in [0.25, 0.3) is 0 Å². The summed E-state index contributed by atoms with van der Waals surface area (Å²) in [6, 6.07) is 0.322. The molecule has 0 aromatic carbocycles. The second kappa shape index (κ2) is 6.51. The van der Waals surface area contributed by atoms with Crippen molar-refractivity contribution in [3.05, 3.63) is 0 Å². The largest absolute Gasteiger partial charge is 0.356 e. The van der Waals surface area contributed by atoms with E-state index in [4.69, 9.17) is 0 Å². The van der Waals surface area contributed by atoms with Crippen LogP contribution in [0.15, 0.2) is 0 Å². The highest BCUT2D eigenvalue weighted by Crippen LogP contribution is 2.26. The number of amides is 2. The molecule has 0 heterocycles. The van der Waals surface area contributed by atoms with Gasteiger partial charge in [-0.2, -0.15) is 0 Å². The first-order chi connectivity index (χ1) is 7.61. The number of hydrogen-bond donors (Lipinski definition) is 2. The van der Waals surface area contributed by atoms with E-state index in [1.54, 1.807) is 6.92 Å². The molecule has 2 N–H and O–H groups in total. The van der Waals surface area contributed by atoms with Gasteiger partial charge in [0.15, 0.2) is 0 Å². The van der Waals surface area contributed by atoms with Crippen molar-refractivity contribution in [1.29, 1.82) is 0 Å². The summed E-state index contributed by atoms with van der Waals surface area (Å²) in [7, 11) is 0. The quantitative estimate of drug-likeness (QED) is 0.757. The highest BCUT2D eigenvalue weighted by atomic mass is 16.2. The zero-order valence-electron chi connectivity index (χ0n) is 10.2. The highest BCUT2D eigenvalue weighted by molar-refractivity contribution is 5.76. The molecule has 0 aliphatic heterocycles. The van der Waals surface area contributed by atoms with Gasteiger partial charge in [-0.15, -0.1) is 0 Å². The van der Waals surface area contributed by atoms with E-state index in [0.29, 0.717) is 24.9 Å². The van der Waals surface area contributed by atoms with Crippen LogP contribution >= 0.6 is 0 Å². The Morgan fingerprint density at radius 3 is 2.31 bits per heavy atom. The summed E-state index contributed by atoms with van der Waals surface area (Å²) in [5, 5.41) is 5.77. The normalized spacial score (nSPS) is 24.9. The van der Waals surface area contributed by atoms with Crippen molar-refractivity contribution in [2.24, 2.45) is 5.92 Å². The van der Waals surface area contributed by atoms with Gasteiger partial charge in [0.05, 0.1) is 0 Å². The van der Waals surface area contributed by atoms with E-state index < -0.39 is 0 Å². The smallest absolute Gasteiger partial charge is 0.220 e. The maximum absolute atomic E-state index is 11.4. The van der Waals surface area contributed by atoms with Crippen molar-refractivity contribution in [2.75, 3.05) is 6.54 Å². The maximum Gasteiger partial charge on any atom is 0.220 e. The fourth-order valence-corrected chi connectivity index (χ4v) is 2.33. The molecule has 1 saturated carbocycles. The summed E-state index contributed by atoms with van der Waals surface area (Å²) in [5.74, 6) is 0.703. The van der Waals surface area contributed by atoms with Gasteiger partial charge < -0.3 is 10.6 Å². The molecule has 0 aromatic heterocycles. The fraction of sp³-hybridized carbons (Fsp3) is 0.833. The zero-order chi connectivity index (χ0) is 12.0. The molecular weight excluding hydrogens is 204 g/mol. The SMILES string of the molecule is CCNC(=O)CC1CCC(NC(C)=O)CC1. The van der Waals surface area contributed by atoms with Crippen molar-refractivity contribution in [3.8, 4) is 0 Å². The topological polar surface area (TPSA) is 58.2 Å². The van der Waals surface area contributed by atoms with Crippen LogP contribution in [0, 0.1) is 5.92 Å². The van der Waals surface area contributed by atoms with Gasteiger partial charge in [-0.3, -0.25) is 9.59 Å². The molecule has 0 atom stereocenters. The molecule has 2 amide bonds. The fourth-order valence-electron chi connectivity index (χ4n) is 2.33. The lowest BCUT2D eigenvalue weighted by Gasteiger charge is -2.28. The van der Waals surface area contributed by atoms with E-state index >= 15 is 0 Å². The van der Waals surface area contributed by atoms with Crippen LogP contribution in [0.2, 0.25) is 0 Å². The lowest BCUT2D eigenvalue weighted by Crippen LogP contribution is -2.37. The Labute approximate surface area is 97.2 Å². The van der Waals surface area contributed by atoms with Crippen molar-refractivity contribution < 1.29 is 9.59 Å². The molecule has 1 aliphatic rings. The molecule has 4 heteroatoms. The molecule has 0 unspecified atom stereocenters. The Hall–Kier alpha value is -1.06. The van der Waals surface area contributed by atoms with E-state index in [-0.39, 0.29) is 11.8 Å². The summed E-state index contributed by atoms with van der Waals surface area (Å²) in [6.07, 6.45) is 4.73. The molecule has 0 radical (unpaired) electrons. The highest BCUT2D eigenvalue weighted by Gasteiger charge is 2.23. The molecule has 0 saturated heterocycles. The molecule has 0 aromatic rings. The van der Waals surface area contributed by atoms with E-state index in [1.807, 2.05) is 6.92 Å². The second-order valence-corrected chi connectivity index (χ2v) is 4.58. The van der Waals surface area contributed by atoms with Gasteiger partial charge in [-0.05, 0) is 38.5 Å². The minimum absolute atomic E-state index is 0.0483. The number of rotatable bonds is 4. The summed E-state index contributed by atoms with van der Waals surface area (Å²) >= 11 is 0. The third-order valence-corrected chi connectivity index (χ3v) is 3.10. The maximum atomic E-state index is 11.4. The van der Waals surface area contributed by atoms with Crippen molar-refractivity contribution >= 4 is 11.8 Å². The molecule has 1 fully saturated rings. The third kappa shape index (κ3) is 4.64. The Kier molecular flexibility index (Phi) is 5.29. The van der Waals surface area contributed by atoms with E-state index in [0.717, 1.165) is 25.7 Å². The molecular formula is C12H22N2O2. The molecule has 4 nitrogen and oxygen atoms in total. The average molecular weight is 226 g/mol. The van der Waals surface area contributed by atoms with Crippen LogP contribution < -0.4 is 10.6 Å². The van der Waals surface area contributed by atoms with Gasteiger partial charge in [0.25, 0.3) is 0 Å². The van der Waals surface area contributed by atoms with Crippen LogP contribution in [0.5, 0.6) is 0 Å². The number of nitrogens with one attached hydrogen (secondary N) is 2. The first kappa shape index (κ1) is 13.0. The summed E-state index contributed by atoms with van der Waals surface area (Å²) < 4.78 is 0. The molecule has 1 aliphatic carbocycles.